The Hall–Kier alpha value is -2.07. The zero-order chi connectivity index (χ0) is 13.8. The molecule has 1 atom stereocenters. The molecule has 0 spiro atoms. The first kappa shape index (κ1) is 12.9. The van der Waals surface area contributed by atoms with Crippen LogP contribution < -0.4 is 4.90 Å². The predicted octanol–water partition coefficient (Wildman–Crippen LogP) is 2.99. The van der Waals surface area contributed by atoms with Crippen molar-refractivity contribution in [3.63, 3.8) is 0 Å². The summed E-state index contributed by atoms with van der Waals surface area (Å²) in [6.07, 6.45) is 3.03. The fourth-order valence-electron chi connectivity index (χ4n) is 2.41. The molecule has 1 aromatic heterocycles. The molecule has 1 aliphatic heterocycles. The van der Waals surface area contributed by atoms with Gasteiger partial charge in [0.2, 0.25) is 0 Å². The zero-order valence-electron chi connectivity index (χ0n) is 11.2. The summed E-state index contributed by atoms with van der Waals surface area (Å²) < 4.78 is 10.9. The van der Waals surface area contributed by atoms with Gasteiger partial charge in [-0.3, -0.25) is 4.79 Å². The molecule has 0 saturated carbocycles. The molecular formula is C16H17NO3. The van der Waals surface area contributed by atoms with E-state index in [2.05, 4.69) is 0 Å². The molecule has 2 aromatic rings. The van der Waals surface area contributed by atoms with E-state index in [1.165, 1.54) is 0 Å². The lowest BCUT2D eigenvalue weighted by Gasteiger charge is -2.24. The van der Waals surface area contributed by atoms with Crippen LogP contribution in [-0.4, -0.2) is 18.6 Å². The monoisotopic (exact) mass is 271 g/mol. The number of ether oxygens (including phenoxy) is 1. The minimum absolute atomic E-state index is 0.00472. The van der Waals surface area contributed by atoms with Gasteiger partial charge in [-0.05, 0) is 37.1 Å². The number of para-hydroxylation sites is 1. The molecule has 1 saturated heterocycles. The maximum atomic E-state index is 12.6. The number of benzene rings is 1. The lowest BCUT2D eigenvalue weighted by Crippen LogP contribution is -2.38. The standard InChI is InChI=1S/C16H17NO3/c18-16(15-9-5-11-20-15)17(12-14-8-4-10-19-14)13-6-2-1-3-7-13/h1-4,6-8,10,15H,5,9,11-12H2/t15-/m1/s1. The number of hydrogen-bond donors (Lipinski definition) is 0. The Morgan fingerprint density at radius 2 is 2.05 bits per heavy atom. The lowest BCUT2D eigenvalue weighted by atomic mass is 10.2. The number of carbonyl (C=O) groups is 1. The van der Waals surface area contributed by atoms with Crippen LogP contribution in [0.1, 0.15) is 18.6 Å². The first-order valence-corrected chi connectivity index (χ1v) is 6.85. The third-order valence-corrected chi connectivity index (χ3v) is 3.43. The normalized spacial score (nSPS) is 18.1. The average molecular weight is 271 g/mol. The molecule has 4 heteroatoms. The largest absolute Gasteiger partial charge is 0.467 e. The summed E-state index contributed by atoms with van der Waals surface area (Å²) in [7, 11) is 0. The highest BCUT2D eigenvalue weighted by Gasteiger charge is 2.29. The van der Waals surface area contributed by atoms with Crippen LogP contribution in [0.4, 0.5) is 5.69 Å². The Balaban J connectivity index is 1.84. The number of hydrogen-bond acceptors (Lipinski definition) is 3. The topological polar surface area (TPSA) is 42.7 Å². The van der Waals surface area contributed by atoms with E-state index in [9.17, 15) is 4.79 Å². The maximum absolute atomic E-state index is 12.6. The van der Waals surface area contributed by atoms with E-state index in [0.717, 1.165) is 24.3 Å². The molecule has 1 amide bonds. The molecule has 1 aromatic carbocycles. The number of rotatable bonds is 4. The van der Waals surface area contributed by atoms with Crippen LogP contribution in [0.15, 0.2) is 53.1 Å². The molecule has 3 rings (SSSR count). The quantitative estimate of drug-likeness (QED) is 0.858. The van der Waals surface area contributed by atoms with Crippen LogP contribution in [-0.2, 0) is 16.1 Å². The highest BCUT2D eigenvalue weighted by Crippen LogP contribution is 2.22. The van der Waals surface area contributed by atoms with Crippen LogP contribution in [0.2, 0.25) is 0 Å². The lowest BCUT2D eigenvalue weighted by molar-refractivity contribution is -0.127. The van der Waals surface area contributed by atoms with Crippen molar-refractivity contribution in [3.8, 4) is 0 Å². The Kier molecular flexibility index (Phi) is 3.83. The minimum Gasteiger partial charge on any atom is -0.467 e. The van der Waals surface area contributed by atoms with Gasteiger partial charge >= 0.3 is 0 Å². The van der Waals surface area contributed by atoms with E-state index < -0.39 is 0 Å². The second-order valence-corrected chi connectivity index (χ2v) is 4.84. The van der Waals surface area contributed by atoms with E-state index in [-0.39, 0.29) is 12.0 Å². The average Bonchev–Trinajstić information content (AvgIpc) is 3.18. The van der Waals surface area contributed by atoms with E-state index in [1.54, 1.807) is 11.2 Å². The van der Waals surface area contributed by atoms with Crippen LogP contribution in [0.3, 0.4) is 0 Å². The maximum Gasteiger partial charge on any atom is 0.256 e. The van der Waals surface area contributed by atoms with Gasteiger partial charge in [0, 0.05) is 12.3 Å². The van der Waals surface area contributed by atoms with Crippen molar-refractivity contribution in [2.24, 2.45) is 0 Å². The van der Waals surface area contributed by atoms with Crippen molar-refractivity contribution >= 4 is 11.6 Å². The highest BCUT2D eigenvalue weighted by molar-refractivity contribution is 5.96. The number of anilines is 1. The van der Waals surface area contributed by atoms with Crippen molar-refractivity contribution in [3.05, 3.63) is 54.5 Å². The van der Waals surface area contributed by atoms with Crippen molar-refractivity contribution in [1.29, 1.82) is 0 Å². The molecule has 0 aliphatic carbocycles. The van der Waals surface area contributed by atoms with E-state index in [1.807, 2.05) is 42.5 Å². The van der Waals surface area contributed by atoms with Gasteiger partial charge in [0.05, 0.1) is 12.8 Å². The van der Waals surface area contributed by atoms with Crippen LogP contribution in [0, 0.1) is 0 Å². The SMILES string of the molecule is O=C([C@H]1CCCO1)N(Cc1ccco1)c1ccccc1. The Bertz CT molecular complexity index is 544. The molecule has 0 bridgehead atoms. The van der Waals surface area contributed by atoms with Gasteiger partial charge in [0.15, 0.2) is 0 Å². The van der Waals surface area contributed by atoms with Crippen molar-refractivity contribution in [2.75, 3.05) is 11.5 Å². The second-order valence-electron chi connectivity index (χ2n) is 4.84. The summed E-state index contributed by atoms with van der Waals surface area (Å²) in [6, 6.07) is 13.3. The summed E-state index contributed by atoms with van der Waals surface area (Å²) in [4.78, 5) is 14.4. The van der Waals surface area contributed by atoms with E-state index >= 15 is 0 Å². The number of furan rings is 1. The van der Waals surface area contributed by atoms with Gasteiger partial charge in [-0.25, -0.2) is 0 Å². The van der Waals surface area contributed by atoms with E-state index in [4.69, 9.17) is 9.15 Å². The molecule has 0 unspecified atom stereocenters. The predicted molar refractivity (Wildman–Crippen MR) is 75.3 cm³/mol. The van der Waals surface area contributed by atoms with Crippen LogP contribution >= 0.6 is 0 Å². The van der Waals surface area contributed by atoms with Gasteiger partial charge in [0.25, 0.3) is 5.91 Å². The summed E-state index contributed by atoms with van der Waals surface area (Å²) in [5.41, 5.74) is 0.865. The summed E-state index contributed by atoms with van der Waals surface area (Å²) in [5.74, 6) is 0.769. The molecule has 104 valence electrons. The first-order chi connectivity index (χ1) is 9.84. The summed E-state index contributed by atoms with van der Waals surface area (Å²) in [6.45, 7) is 1.09. The number of amides is 1. The van der Waals surface area contributed by atoms with Gasteiger partial charge in [-0.15, -0.1) is 0 Å². The van der Waals surface area contributed by atoms with Crippen molar-refractivity contribution in [1.82, 2.24) is 0 Å². The van der Waals surface area contributed by atoms with Crippen molar-refractivity contribution in [2.45, 2.75) is 25.5 Å². The van der Waals surface area contributed by atoms with Gasteiger partial charge in [0.1, 0.15) is 11.9 Å². The summed E-state index contributed by atoms with van der Waals surface area (Å²) >= 11 is 0. The molecule has 1 aliphatic rings. The zero-order valence-corrected chi connectivity index (χ0v) is 11.2. The van der Waals surface area contributed by atoms with Crippen LogP contribution in [0.25, 0.3) is 0 Å². The molecule has 2 heterocycles. The molecule has 4 nitrogen and oxygen atoms in total. The third-order valence-electron chi connectivity index (χ3n) is 3.43. The smallest absolute Gasteiger partial charge is 0.256 e. The Morgan fingerprint density at radius 1 is 1.20 bits per heavy atom. The number of nitrogens with zero attached hydrogens (tertiary/aromatic N) is 1. The first-order valence-electron chi connectivity index (χ1n) is 6.85. The van der Waals surface area contributed by atoms with Crippen molar-refractivity contribution < 1.29 is 13.9 Å². The van der Waals surface area contributed by atoms with E-state index in [0.29, 0.717) is 13.2 Å². The Labute approximate surface area is 118 Å². The highest BCUT2D eigenvalue weighted by atomic mass is 16.5. The molecule has 20 heavy (non-hydrogen) atoms. The van der Waals surface area contributed by atoms with Gasteiger partial charge in [-0.1, -0.05) is 18.2 Å². The molecular weight excluding hydrogens is 254 g/mol. The molecule has 1 fully saturated rings. The second kappa shape index (κ2) is 5.92. The number of carbonyl (C=O) groups excluding carboxylic acids is 1. The molecule has 0 N–H and O–H groups in total. The fourth-order valence-corrected chi connectivity index (χ4v) is 2.41. The fraction of sp³-hybridized carbons (Fsp3) is 0.312. The van der Waals surface area contributed by atoms with Gasteiger partial charge in [-0.2, -0.15) is 0 Å². The molecule has 0 radical (unpaired) electrons. The van der Waals surface area contributed by atoms with Gasteiger partial charge < -0.3 is 14.1 Å². The third kappa shape index (κ3) is 2.75. The van der Waals surface area contributed by atoms with Crippen LogP contribution in [0.5, 0.6) is 0 Å². The Morgan fingerprint density at radius 3 is 2.70 bits per heavy atom. The minimum atomic E-state index is -0.329. The summed E-state index contributed by atoms with van der Waals surface area (Å²) in [5, 5.41) is 0.